The normalized spacial score (nSPS) is 12.0. The van der Waals surface area contributed by atoms with Crippen molar-refractivity contribution in [3.63, 3.8) is 0 Å². The molecule has 114 valence electrons. The molecule has 0 saturated heterocycles. The predicted octanol–water partition coefficient (Wildman–Crippen LogP) is 2.87. The summed E-state index contributed by atoms with van der Waals surface area (Å²) in [5, 5.41) is 11.9. The minimum absolute atomic E-state index is 0.0923. The monoisotopic (exact) mass is 308 g/mol. The van der Waals surface area contributed by atoms with Crippen molar-refractivity contribution in [1.82, 2.24) is 4.90 Å². The summed E-state index contributed by atoms with van der Waals surface area (Å²) in [5.41, 5.74) is 6.81. The van der Waals surface area contributed by atoms with Crippen LogP contribution in [0.3, 0.4) is 0 Å². The molecule has 6 heteroatoms. The maximum atomic E-state index is 11.9. The minimum atomic E-state index is -0.0923. The first-order chi connectivity index (χ1) is 9.93. The Labute approximate surface area is 130 Å². The van der Waals surface area contributed by atoms with Gasteiger partial charge in [0.25, 0.3) is 0 Å². The number of hydrogen-bond donors (Lipinski definition) is 2. The zero-order valence-corrected chi connectivity index (χ0v) is 13.2. The summed E-state index contributed by atoms with van der Waals surface area (Å²) >= 11 is 5.87. The van der Waals surface area contributed by atoms with Gasteiger partial charge in [-0.2, -0.15) is 5.26 Å². The van der Waals surface area contributed by atoms with Crippen molar-refractivity contribution in [2.75, 3.05) is 24.6 Å². The molecule has 1 aromatic rings. The summed E-state index contributed by atoms with van der Waals surface area (Å²) < 4.78 is 0. The molecule has 0 heterocycles. The van der Waals surface area contributed by atoms with Crippen molar-refractivity contribution in [2.24, 2.45) is 0 Å². The van der Waals surface area contributed by atoms with E-state index in [2.05, 4.69) is 16.3 Å². The van der Waals surface area contributed by atoms with E-state index in [0.717, 1.165) is 13.0 Å². The summed E-state index contributed by atoms with van der Waals surface area (Å²) in [6.45, 7) is 2.76. The molecule has 1 rings (SSSR count). The lowest BCUT2D eigenvalue weighted by Crippen LogP contribution is -2.30. The summed E-state index contributed by atoms with van der Waals surface area (Å²) in [6.07, 6.45) is 1.61. The zero-order chi connectivity index (χ0) is 15.8. The minimum Gasteiger partial charge on any atom is -0.397 e. The molecule has 1 aromatic carbocycles. The summed E-state index contributed by atoms with van der Waals surface area (Å²) in [4.78, 5) is 13.9. The average molecular weight is 309 g/mol. The Kier molecular flexibility index (Phi) is 7.00. The molecule has 0 bridgehead atoms. The fourth-order valence-electron chi connectivity index (χ4n) is 1.85. The van der Waals surface area contributed by atoms with Gasteiger partial charge in [-0.15, -0.1) is 0 Å². The maximum absolute atomic E-state index is 11.9. The van der Waals surface area contributed by atoms with Gasteiger partial charge < -0.3 is 16.0 Å². The van der Waals surface area contributed by atoms with Crippen LogP contribution in [0.2, 0.25) is 5.02 Å². The number of rotatable bonds is 7. The highest BCUT2D eigenvalue weighted by molar-refractivity contribution is 6.31. The SMILES string of the molecule is CC(CC#N)N(C)CCCC(=O)Nc1cc(Cl)ccc1N. The van der Waals surface area contributed by atoms with Crippen molar-refractivity contribution in [3.05, 3.63) is 23.2 Å². The maximum Gasteiger partial charge on any atom is 0.224 e. The lowest BCUT2D eigenvalue weighted by atomic mass is 10.2. The van der Waals surface area contributed by atoms with Gasteiger partial charge in [-0.25, -0.2) is 0 Å². The van der Waals surface area contributed by atoms with Gasteiger partial charge in [0.05, 0.1) is 23.9 Å². The van der Waals surface area contributed by atoms with Crippen LogP contribution in [0.25, 0.3) is 0 Å². The number of nitrogens with one attached hydrogen (secondary N) is 1. The number of nitrogen functional groups attached to an aromatic ring is 1. The van der Waals surface area contributed by atoms with Gasteiger partial charge >= 0.3 is 0 Å². The van der Waals surface area contributed by atoms with E-state index in [-0.39, 0.29) is 11.9 Å². The van der Waals surface area contributed by atoms with Gasteiger partial charge in [-0.1, -0.05) is 11.6 Å². The third kappa shape index (κ3) is 6.03. The molecule has 1 amide bonds. The molecule has 0 saturated carbocycles. The molecule has 1 atom stereocenters. The van der Waals surface area contributed by atoms with Crippen LogP contribution in [0.1, 0.15) is 26.2 Å². The number of nitrogens with two attached hydrogens (primary N) is 1. The van der Waals surface area contributed by atoms with Crippen molar-refractivity contribution < 1.29 is 4.79 Å². The number of amides is 1. The smallest absolute Gasteiger partial charge is 0.224 e. The summed E-state index contributed by atoms with van der Waals surface area (Å²) in [6, 6.07) is 7.32. The Morgan fingerprint density at radius 3 is 2.95 bits per heavy atom. The fraction of sp³-hybridized carbons (Fsp3) is 0.467. The molecule has 5 nitrogen and oxygen atoms in total. The number of nitrogens with zero attached hydrogens (tertiary/aromatic N) is 2. The second-order valence-electron chi connectivity index (χ2n) is 5.08. The number of carbonyl (C=O) groups excluding carboxylic acids is 1. The Morgan fingerprint density at radius 2 is 2.29 bits per heavy atom. The molecule has 21 heavy (non-hydrogen) atoms. The molecular formula is C15H21ClN4O. The highest BCUT2D eigenvalue weighted by Crippen LogP contribution is 2.23. The van der Waals surface area contributed by atoms with Gasteiger partial charge in [-0.05, 0) is 45.1 Å². The van der Waals surface area contributed by atoms with E-state index in [1.54, 1.807) is 18.2 Å². The van der Waals surface area contributed by atoms with E-state index in [1.807, 2.05) is 14.0 Å². The van der Waals surface area contributed by atoms with E-state index < -0.39 is 0 Å². The number of halogens is 1. The predicted molar refractivity (Wildman–Crippen MR) is 86.1 cm³/mol. The number of anilines is 2. The number of carbonyl (C=O) groups is 1. The van der Waals surface area contributed by atoms with Crippen LogP contribution >= 0.6 is 11.6 Å². The van der Waals surface area contributed by atoms with E-state index in [1.165, 1.54) is 0 Å². The van der Waals surface area contributed by atoms with Crippen LogP contribution in [0, 0.1) is 11.3 Å². The lowest BCUT2D eigenvalue weighted by Gasteiger charge is -2.22. The van der Waals surface area contributed by atoms with Crippen LogP contribution in [0.15, 0.2) is 18.2 Å². The van der Waals surface area contributed by atoms with Gasteiger partial charge in [0, 0.05) is 17.5 Å². The average Bonchev–Trinajstić information content (AvgIpc) is 2.43. The van der Waals surface area contributed by atoms with Crippen molar-refractivity contribution in [3.8, 4) is 6.07 Å². The number of hydrogen-bond acceptors (Lipinski definition) is 4. The molecule has 1 unspecified atom stereocenters. The van der Waals surface area contributed by atoms with Crippen LogP contribution < -0.4 is 11.1 Å². The first-order valence-corrected chi connectivity index (χ1v) is 7.24. The van der Waals surface area contributed by atoms with Crippen molar-refractivity contribution in [1.29, 1.82) is 5.26 Å². The van der Waals surface area contributed by atoms with Crippen LogP contribution in [-0.4, -0.2) is 30.4 Å². The highest BCUT2D eigenvalue weighted by atomic mass is 35.5. The first-order valence-electron chi connectivity index (χ1n) is 6.86. The topological polar surface area (TPSA) is 82.2 Å². The van der Waals surface area contributed by atoms with Crippen molar-refractivity contribution >= 4 is 28.9 Å². The van der Waals surface area contributed by atoms with Gasteiger partial charge in [0.2, 0.25) is 5.91 Å². The van der Waals surface area contributed by atoms with Crippen LogP contribution in [0.4, 0.5) is 11.4 Å². The summed E-state index contributed by atoms with van der Waals surface area (Å²) in [5.74, 6) is -0.0923. The molecule has 0 aliphatic rings. The molecule has 0 fully saturated rings. The number of benzene rings is 1. The second kappa shape index (κ2) is 8.50. The largest absolute Gasteiger partial charge is 0.397 e. The zero-order valence-electron chi connectivity index (χ0n) is 12.4. The lowest BCUT2D eigenvalue weighted by molar-refractivity contribution is -0.116. The van der Waals surface area contributed by atoms with Crippen LogP contribution in [-0.2, 0) is 4.79 Å². The van der Waals surface area contributed by atoms with Crippen LogP contribution in [0.5, 0.6) is 0 Å². The Bertz CT molecular complexity index is 527. The van der Waals surface area contributed by atoms with Gasteiger partial charge in [0.1, 0.15) is 0 Å². The highest BCUT2D eigenvalue weighted by Gasteiger charge is 2.10. The van der Waals surface area contributed by atoms with E-state index >= 15 is 0 Å². The molecule has 0 aliphatic heterocycles. The van der Waals surface area contributed by atoms with E-state index in [4.69, 9.17) is 22.6 Å². The number of nitriles is 1. The molecule has 0 aromatic heterocycles. The second-order valence-corrected chi connectivity index (χ2v) is 5.51. The first kappa shape index (κ1) is 17.3. The standard InChI is InChI=1S/C15H21ClN4O/c1-11(7-8-17)20(2)9-3-4-15(21)19-14-10-12(16)5-6-13(14)18/h5-6,10-11H,3-4,7,9,18H2,1-2H3,(H,19,21). The van der Waals surface area contributed by atoms with E-state index in [0.29, 0.717) is 29.2 Å². The summed E-state index contributed by atoms with van der Waals surface area (Å²) in [7, 11) is 1.95. The third-order valence-electron chi connectivity index (χ3n) is 3.34. The quantitative estimate of drug-likeness (QED) is 0.759. The van der Waals surface area contributed by atoms with E-state index in [9.17, 15) is 4.79 Å². The molecular weight excluding hydrogens is 288 g/mol. The van der Waals surface area contributed by atoms with Crippen molar-refractivity contribution in [2.45, 2.75) is 32.2 Å². The molecule has 0 radical (unpaired) electrons. The molecule has 3 N–H and O–H groups in total. The Balaban J connectivity index is 2.38. The Hall–Kier alpha value is -1.77. The fourth-order valence-corrected chi connectivity index (χ4v) is 2.02. The third-order valence-corrected chi connectivity index (χ3v) is 3.58. The van der Waals surface area contributed by atoms with Gasteiger partial charge in [0.15, 0.2) is 0 Å². The van der Waals surface area contributed by atoms with Gasteiger partial charge in [-0.3, -0.25) is 4.79 Å². The molecule has 0 aliphatic carbocycles. The Morgan fingerprint density at radius 1 is 1.57 bits per heavy atom. The molecule has 0 spiro atoms.